The maximum atomic E-state index is 12.2. The molecule has 1 aliphatic rings. The molecule has 0 spiro atoms. The molecule has 0 aromatic heterocycles. The Bertz CT molecular complexity index is 783. The molecule has 0 aliphatic carbocycles. The molecule has 0 atom stereocenters. The maximum absolute atomic E-state index is 12.2. The second-order valence-electron chi connectivity index (χ2n) is 5.65. The number of nitrogens with zero attached hydrogens (tertiary/aromatic N) is 1. The molecule has 1 fully saturated rings. The van der Waals surface area contributed by atoms with Gasteiger partial charge in [-0.15, -0.1) is 6.42 Å². The molecule has 134 valence electrons. The van der Waals surface area contributed by atoms with Crippen LogP contribution in [0.25, 0.3) is 0 Å². The van der Waals surface area contributed by atoms with Crippen molar-refractivity contribution < 1.29 is 18.0 Å². The lowest BCUT2D eigenvalue weighted by molar-refractivity contribution is -0.127. The number of sulfonamides is 1. The average Bonchev–Trinajstić information content (AvgIpc) is 3.02. The number of rotatable bonds is 8. The summed E-state index contributed by atoms with van der Waals surface area (Å²) in [6.07, 6.45) is 7.19. The summed E-state index contributed by atoms with van der Waals surface area (Å²) in [5.41, 5.74) is 0.251. The largest absolute Gasteiger partial charge is 0.352 e. The second kappa shape index (κ2) is 8.65. The first-order valence-electron chi connectivity index (χ1n) is 8.03. The van der Waals surface area contributed by atoms with Crippen LogP contribution in [-0.2, 0) is 14.8 Å². The number of benzene rings is 1. The van der Waals surface area contributed by atoms with Crippen molar-refractivity contribution in [3.05, 3.63) is 29.8 Å². The Morgan fingerprint density at radius 2 is 2.16 bits per heavy atom. The van der Waals surface area contributed by atoms with Gasteiger partial charge in [0.15, 0.2) is 0 Å². The number of amides is 2. The SMILES string of the molecule is C#CCNS(=O)(=O)c1cccc(C(=O)NCCCN2CCCC2=O)c1. The first-order chi connectivity index (χ1) is 11.9. The molecule has 2 amide bonds. The number of likely N-dealkylation sites (tertiary alicyclic amines) is 1. The smallest absolute Gasteiger partial charge is 0.251 e. The zero-order valence-corrected chi connectivity index (χ0v) is 14.6. The lowest BCUT2D eigenvalue weighted by atomic mass is 10.2. The molecule has 1 saturated heterocycles. The van der Waals surface area contributed by atoms with E-state index in [1.165, 1.54) is 18.2 Å². The number of hydrogen-bond acceptors (Lipinski definition) is 4. The average molecular weight is 363 g/mol. The molecule has 1 aromatic carbocycles. The highest BCUT2D eigenvalue weighted by molar-refractivity contribution is 7.89. The van der Waals surface area contributed by atoms with Crippen LogP contribution in [0.3, 0.4) is 0 Å². The van der Waals surface area contributed by atoms with Gasteiger partial charge in [0.25, 0.3) is 5.91 Å². The van der Waals surface area contributed by atoms with Crippen LogP contribution in [0.15, 0.2) is 29.2 Å². The van der Waals surface area contributed by atoms with E-state index in [0.29, 0.717) is 25.9 Å². The highest BCUT2D eigenvalue weighted by atomic mass is 32.2. The van der Waals surface area contributed by atoms with E-state index in [4.69, 9.17) is 6.42 Å². The molecule has 2 N–H and O–H groups in total. The summed E-state index contributed by atoms with van der Waals surface area (Å²) in [5.74, 6) is 1.99. The van der Waals surface area contributed by atoms with Gasteiger partial charge in [0.05, 0.1) is 11.4 Å². The summed E-state index contributed by atoms with van der Waals surface area (Å²) in [7, 11) is -3.74. The van der Waals surface area contributed by atoms with Crippen molar-refractivity contribution in [2.75, 3.05) is 26.2 Å². The van der Waals surface area contributed by atoms with Gasteiger partial charge >= 0.3 is 0 Å². The Labute approximate surface area is 147 Å². The van der Waals surface area contributed by atoms with Gasteiger partial charge in [-0.1, -0.05) is 12.0 Å². The van der Waals surface area contributed by atoms with Gasteiger partial charge in [0.2, 0.25) is 15.9 Å². The molecular weight excluding hydrogens is 342 g/mol. The van der Waals surface area contributed by atoms with Crippen LogP contribution in [0.1, 0.15) is 29.6 Å². The normalized spacial score (nSPS) is 14.4. The minimum atomic E-state index is -3.74. The molecule has 0 radical (unpaired) electrons. The number of hydrogen-bond donors (Lipinski definition) is 2. The fourth-order valence-electron chi connectivity index (χ4n) is 2.54. The Morgan fingerprint density at radius 1 is 1.36 bits per heavy atom. The van der Waals surface area contributed by atoms with Gasteiger partial charge in [0, 0.05) is 31.6 Å². The highest BCUT2D eigenvalue weighted by Gasteiger charge is 2.19. The lowest BCUT2D eigenvalue weighted by Gasteiger charge is -2.15. The van der Waals surface area contributed by atoms with Crippen molar-refractivity contribution in [2.45, 2.75) is 24.2 Å². The van der Waals surface area contributed by atoms with E-state index in [9.17, 15) is 18.0 Å². The van der Waals surface area contributed by atoms with E-state index in [-0.39, 0.29) is 28.8 Å². The van der Waals surface area contributed by atoms with Crippen molar-refractivity contribution in [1.82, 2.24) is 14.9 Å². The summed E-state index contributed by atoms with van der Waals surface area (Å²) in [6.45, 7) is 1.68. The summed E-state index contributed by atoms with van der Waals surface area (Å²) in [6, 6.07) is 5.74. The molecule has 8 heteroatoms. The topological polar surface area (TPSA) is 95.6 Å². The van der Waals surface area contributed by atoms with Gasteiger partial charge in [0.1, 0.15) is 0 Å². The van der Waals surface area contributed by atoms with Crippen molar-refractivity contribution in [2.24, 2.45) is 0 Å². The Balaban J connectivity index is 1.88. The van der Waals surface area contributed by atoms with E-state index in [2.05, 4.69) is 16.0 Å². The van der Waals surface area contributed by atoms with Crippen molar-refractivity contribution in [3.63, 3.8) is 0 Å². The Kier molecular flexibility index (Phi) is 6.56. The van der Waals surface area contributed by atoms with E-state index >= 15 is 0 Å². The molecule has 1 heterocycles. The van der Waals surface area contributed by atoms with Crippen LogP contribution in [0.2, 0.25) is 0 Å². The Hall–Kier alpha value is -2.37. The van der Waals surface area contributed by atoms with E-state index in [0.717, 1.165) is 13.0 Å². The van der Waals surface area contributed by atoms with Crippen LogP contribution in [0.5, 0.6) is 0 Å². The standard InChI is InChI=1S/C17H21N3O4S/c1-2-9-19-25(23,24)15-7-3-6-14(13-15)17(22)18-10-5-12-20-11-4-8-16(20)21/h1,3,6-7,13,19H,4-5,8-12H2,(H,18,22). The monoisotopic (exact) mass is 363 g/mol. The predicted octanol–water partition coefficient (Wildman–Crippen LogP) is 0.340. The minimum absolute atomic E-state index is 0.0157. The van der Waals surface area contributed by atoms with Gasteiger partial charge in [-0.05, 0) is 31.0 Å². The van der Waals surface area contributed by atoms with Gasteiger partial charge < -0.3 is 10.2 Å². The summed E-state index contributed by atoms with van der Waals surface area (Å²) in [4.78, 5) is 25.4. The molecular formula is C17H21N3O4S. The van der Waals surface area contributed by atoms with Crippen LogP contribution < -0.4 is 10.0 Å². The Morgan fingerprint density at radius 3 is 2.84 bits per heavy atom. The third-order valence-electron chi connectivity index (χ3n) is 3.83. The quantitative estimate of drug-likeness (QED) is 0.514. The van der Waals surface area contributed by atoms with Gasteiger partial charge in [-0.2, -0.15) is 4.72 Å². The third kappa shape index (κ3) is 5.31. The van der Waals surface area contributed by atoms with E-state index < -0.39 is 10.0 Å². The summed E-state index contributed by atoms with van der Waals surface area (Å²) >= 11 is 0. The number of nitrogens with one attached hydrogen (secondary N) is 2. The molecule has 0 unspecified atom stereocenters. The van der Waals surface area contributed by atoms with Gasteiger partial charge in [-0.3, -0.25) is 9.59 Å². The minimum Gasteiger partial charge on any atom is -0.352 e. The first-order valence-corrected chi connectivity index (χ1v) is 9.51. The van der Waals surface area contributed by atoms with Crippen LogP contribution in [0.4, 0.5) is 0 Å². The van der Waals surface area contributed by atoms with Crippen LogP contribution in [-0.4, -0.2) is 51.3 Å². The first kappa shape index (κ1) is 19.0. The molecule has 1 aromatic rings. The highest BCUT2D eigenvalue weighted by Crippen LogP contribution is 2.12. The van der Waals surface area contributed by atoms with Crippen LogP contribution >= 0.6 is 0 Å². The second-order valence-corrected chi connectivity index (χ2v) is 7.42. The molecule has 1 aliphatic heterocycles. The van der Waals surface area contributed by atoms with Crippen molar-refractivity contribution in [3.8, 4) is 12.3 Å². The molecule has 0 bridgehead atoms. The fourth-order valence-corrected chi connectivity index (χ4v) is 3.52. The number of carbonyl (C=O) groups is 2. The van der Waals surface area contributed by atoms with E-state index in [1.807, 2.05) is 0 Å². The molecule has 25 heavy (non-hydrogen) atoms. The lowest BCUT2D eigenvalue weighted by Crippen LogP contribution is -2.30. The van der Waals surface area contributed by atoms with Crippen molar-refractivity contribution >= 4 is 21.8 Å². The van der Waals surface area contributed by atoms with Gasteiger partial charge in [-0.25, -0.2) is 8.42 Å². The summed E-state index contributed by atoms with van der Waals surface area (Å²) < 4.78 is 26.3. The zero-order valence-electron chi connectivity index (χ0n) is 13.8. The number of carbonyl (C=O) groups excluding carboxylic acids is 2. The third-order valence-corrected chi connectivity index (χ3v) is 5.23. The van der Waals surface area contributed by atoms with E-state index in [1.54, 1.807) is 11.0 Å². The predicted molar refractivity (Wildman–Crippen MR) is 93.2 cm³/mol. The zero-order chi connectivity index (χ0) is 18.3. The maximum Gasteiger partial charge on any atom is 0.251 e. The molecule has 0 saturated carbocycles. The van der Waals surface area contributed by atoms with Crippen LogP contribution in [0, 0.1) is 12.3 Å². The summed E-state index contributed by atoms with van der Waals surface area (Å²) in [5, 5.41) is 2.74. The van der Waals surface area contributed by atoms with Crippen molar-refractivity contribution in [1.29, 1.82) is 0 Å². The molecule has 2 rings (SSSR count). The fraction of sp³-hybridized carbons (Fsp3) is 0.412. The molecule has 7 nitrogen and oxygen atoms in total. The number of terminal acetylenes is 1.